The number of carbonyl (C=O) groups is 1. The van der Waals surface area contributed by atoms with Crippen LogP contribution in [0.4, 0.5) is 10.1 Å². The van der Waals surface area contributed by atoms with E-state index in [1.807, 2.05) is 19.1 Å². The van der Waals surface area contributed by atoms with Crippen molar-refractivity contribution in [2.45, 2.75) is 19.5 Å². The molecule has 1 atom stereocenters. The Kier molecular flexibility index (Phi) is 5.89. The van der Waals surface area contributed by atoms with Crippen LogP contribution >= 0.6 is 11.6 Å². The molecule has 0 radical (unpaired) electrons. The number of ether oxygens (including phenoxy) is 2. The molecule has 29 heavy (non-hydrogen) atoms. The maximum Gasteiger partial charge on any atom is 0.241 e. The second-order valence-corrected chi connectivity index (χ2v) is 7.70. The summed E-state index contributed by atoms with van der Waals surface area (Å²) < 4.78 is 24.0. The van der Waals surface area contributed by atoms with Gasteiger partial charge in [-0.25, -0.2) is 4.39 Å². The number of nitrogens with one attached hydrogen (secondary N) is 1. The van der Waals surface area contributed by atoms with Crippen molar-refractivity contribution < 1.29 is 18.7 Å². The molecular formula is C21H23ClFN3O3. The molecule has 0 aliphatic carbocycles. The number of hydrogen-bond donors (Lipinski definition) is 1. The maximum atomic E-state index is 13.2. The number of piperazine rings is 1. The van der Waals surface area contributed by atoms with Gasteiger partial charge in [-0.2, -0.15) is 0 Å². The molecule has 0 unspecified atom stereocenters. The molecule has 0 spiro atoms. The SMILES string of the molecule is C[C@H](C(=O)Nc1ccc(F)cc1Cl)N1CCN(Cc2ccc3c(c2)OCO3)CC1. The van der Waals surface area contributed by atoms with Crippen molar-refractivity contribution in [1.29, 1.82) is 0 Å². The average Bonchev–Trinajstić information content (AvgIpc) is 3.18. The molecule has 1 amide bonds. The Morgan fingerprint density at radius 1 is 1.14 bits per heavy atom. The number of nitrogens with zero attached hydrogens (tertiary/aromatic N) is 2. The quantitative estimate of drug-likeness (QED) is 0.805. The van der Waals surface area contributed by atoms with Crippen LogP contribution in [0.2, 0.25) is 5.02 Å². The van der Waals surface area contributed by atoms with Gasteiger partial charge in [-0.15, -0.1) is 0 Å². The van der Waals surface area contributed by atoms with E-state index in [1.54, 1.807) is 0 Å². The summed E-state index contributed by atoms with van der Waals surface area (Å²) in [5.74, 6) is 1.01. The predicted octanol–water partition coefficient (Wildman–Crippen LogP) is 3.35. The monoisotopic (exact) mass is 419 g/mol. The van der Waals surface area contributed by atoms with Gasteiger partial charge in [0.15, 0.2) is 11.5 Å². The number of benzene rings is 2. The van der Waals surface area contributed by atoms with E-state index in [4.69, 9.17) is 21.1 Å². The number of hydrogen-bond acceptors (Lipinski definition) is 5. The zero-order chi connectivity index (χ0) is 20.4. The number of fused-ring (bicyclic) bond motifs is 1. The first kappa shape index (κ1) is 19.9. The lowest BCUT2D eigenvalue weighted by Gasteiger charge is -2.37. The highest BCUT2D eigenvalue weighted by molar-refractivity contribution is 6.33. The van der Waals surface area contributed by atoms with Crippen LogP contribution in [-0.4, -0.2) is 54.7 Å². The second-order valence-electron chi connectivity index (χ2n) is 7.29. The largest absolute Gasteiger partial charge is 0.454 e. The third kappa shape index (κ3) is 4.63. The minimum absolute atomic E-state index is 0.150. The van der Waals surface area contributed by atoms with E-state index in [9.17, 15) is 9.18 Å². The molecular weight excluding hydrogens is 397 g/mol. The highest BCUT2D eigenvalue weighted by Crippen LogP contribution is 2.33. The Hall–Kier alpha value is -2.35. The lowest BCUT2D eigenvalue weighted by atomic mass is 10.1. The van der Waals surface area contributed by atoms with Gasteiger partial charge in [0.05, 0.1) is 16.8 Å². The Balaban J connectivity index is 1.29. The van der Waals surface area contributed by atoms with Gasteiger partial charge in [0, 0.05) is 32.7 Å². The molecule has 2 heterocycles. The number of halogens is 2. The van der Waals surface area contributed by atoms with Crippen LogP contribution < -0.4 is 14.8 Å². The molecule has 0 aromatic heterocycles. The maximum absolute atomic E-state index is 13.2. The first-order valence-corrected chi connectivity index (χ1v) is 9.98. The summed E-state index contributed by atoms with van der Waals surface area (Å²) in [7, 11) is 0. The van der Waals surface area contributed by atoms with Crippen LogP contribution in [0.5, 0.6) is 11.5 Å². The zero-order valence-corrected chi connectivity index (χ0v) is 16.9. The van der Waals surface area contributed by atoms with Gasteiger partial charge in [-0.3, -0.25) is 14.6 Å². The molecule has 8 heteroatoms. The predicted molar refractivity (Wildman–Crippen MR) is 109 cm³/mol. The van der Waals surface area contributed by atoms with Gasteiger partial charge in [0.1, 0.15) is 5.82 Å². The summed E-state index contributed by atoms with van der Waals surface area (Å²) >= 11 is 6.00. The van der Waals surface area contributed by atoms with Crippen LogP contribution in [-0.2, 0) is 11.3 Å². The van der Waals surface area contributed by atoms with E-state index in [2.05, 4.69) is 21.2 Å². The Bertz CT molecular complexity index is 903. The molecule has 2 aromatic rings. The van der Waals surface area contributed by atoms with Gasteiger partial charge in [0.2, 0.25) is 12.7 Å². The Labute approximate surface area is 174 Å². The van der Waals surface area contributed by atoms with Crippen molar-refractivity contribution >= 4 is 23.2 Å². The summed E-state index contributed by atoms with van der Waals surface area (Å²) in [6.07, 6.45) is 0. The van der Waals surface area contributed by atoms with Crippen LogP contribution in [0.15, 0.2) is 36.4 Å². The minimum atomic E-state index is -0.431. The van der Waals surface area contributed by atoms with Crippen molar-refractivity contribution in [3.63, 3.8) is 0 Å². The average molecular weight is 420 g/mol. The fraction of sp³-hybridized carbons (Fsp3) is 0.381. The molecule has 6 nitrogen and oxygen atoms in total. The molecule has 1 fully saturated rings. The summed E-state index contributed by atoms with van der Waals surface area (Å²) in [4.78, 5) is 17.1. The van der Waals surface area contributed by atoms with Gasteiger partial charge in [-0.05, 0) is 42.8 Å². The second kappa shape index (κ2) is 8.57. The van der Waals surface area contributed by atoms with E-state index in [-0.39, 0.29) is 23.8 Å². The van der Waals surface area contributed by atoms with Gasteiger partial charge in [0.25, 0.3) is 0 Å². The van der Waals surface area contributed by atoms with Crippen LogP contribution in [0.1, 0.15) is 12.5 Å². The molecule has 4 rings (SSSR count). The smallest absolute Gasteiger partial charge is 0.241 e. The van der Waals surface area contributed by atoms with E-state index >= 15 is 0 Å². The zero-order valence-electron chi connectivity index (χ0n) is 16.2. The molecule has 1 saturated heterocycles. The summed E-state index contributed by atoms with van der Waals surface area (Å²) in [6, 6.07) is 9.67. The highest BCUT2D eigenvalue weighted by atomic mass is 35.5. The van der Waals surface area contributed by atoms with Crippen molar-refractivity contribution in [1.82, 2.24) is 9.80 Å². The third-order valence-corrected chi connectivity index (χ3v) is 5.68. The first-order chi connectivity index (χ1) is 14.0. The van der Waals surface area contributed by atoms with Gasteiger partial charge >= 0.3 is 0 Å². The number of anilines is 1. The fourth-order valence-electron chi connectivity index (χ4n) is 3.60. The molecule has 0 saturated carbocycles. The van der Waals surface area contributed by atoms with Crippen LogP contribution in [0.25, 0.3) is 0 Å². The Morgan fingerprint density at radius 2 is 1.90 bits per heavy atom. The summed E-state index contributed by atoms with van der Waals surface area (Å²) in [5, 5.41) is 2.98. The van der Waals surface area contributed by atoms with E-state index in [1.165, 1.54) is 23.8 Å². The van der Waals surface area contributed by atoms with Crippen molar-refractivity contribution in [2.24, 2.45) is 0 Å². The Morgan fingerprint density at radius 3 is 2.66 bits per heavy atom. The van der Waals surface area contributed by atoms with Crippen molar-refractivity contribution in [3.05, 3.63) is 52.8 Å². The number of rotatable bonds is 5. The minimum Gasteiger partial charge on any atom is -0.454 e. The standard InChI is InChI=1S/C21H23ClFN3O3/c1-14(21(27)24-18-4-3-16(23)11-17(18)22)26-8-6-25(7-9-26)12-15-2-5-19-20(10-15)29-13-28-19/h2-5,10-11,14H,6-9,12-13H2,1H3,(H,24,27)/t14-/m1/s1. The van der Waals surface area contributed by atoms with Gasteiger partial charge < -0.3 is 14.8 Å². The third-order valence-electron chi connectivity index (χ3n) is 5.37. The van der Waals surface area contributed by atoms with Crippen molar-refractivity contribution in [2.75, 3.05) is 38.3 Å². The normalized spacial score (nSPS) is 17.9. The summed E-state index contributed by atoms with van der Waals surface area (Å²) in [6.45, 7) is 6.29. The molecule has 2 aliphatic heterocycles. The molecule has 1 N–H and O–H groups in total. The van der Waals surface area contributed by atoms with E-state index < -0.39 is 5.82 Å². The van der Waals surface area contributed by atoms with Gasteiger partial charge in [-0.1, -0.05) is 17.7 Å². The van der Waals surface area contributed by atoms with Crippen LogP contribution in [0, 0.1) is 5.82 Å². The number of carbonyl (C=O) groups excluding carboxylic acids is 1. The summed E-state index contributed by atoms with van der Waals surface area (Å²) in [5.41, 5.74) is 1.60. The molecule has 154 valence electrons. The topological polar surface area (TPSA) is 54.0 Å². The van der Waals surface area contributed by atoms with E-state index in [0.717, 1.165) is 44.2 Å². The highest BCUT2D eigenvalue weighted by Gasteiger charge is 2.26. The van der Waals surface area contributed by atoms with E-state index in [0.29, 0.717) is 5.69 Å². The fourth-order valence-corrected chi connectivity index (χ4v) is 3.81. The lowest BCUT2D eigenvalue weighted by molar-refractivity contribution is -0.121. The first-order valence-electron chi connectivity index (χ1n) is 9.60. The van der Waals surface area contributed by atoms with Crippen molar-refractivity contribution in [3.8, 4) is 11.5 Å². The lowest BCUT2D eigenvalue weighted by Crippen LogP contribution is -2.52. The molecule has 2 aliphatic rings. The number of amides is 1. The molecule has 2 aromatic carbocycles. The van der Waals surface area contributed by atoms with Crippen LogP contribution in [0.3, 0.4) is 0 Å². The molecule has 0 bridgehead atoms.